The van der Waals surface area contributed by atoms with Gasteiger partial charge in [-0.2, -0.15) is 0 Å². The summed E-state index contributed by atoms with van der Waals surface area (Å²) in [6.45, 7) is 13.8. The van der Waals surface area contributed by atoms with E-state index in [0.717, 1.165) is 25.7 Å². The maximum Gasteiger partial charge on any atom is 0.286 e. The van der Waals surface area contributed by atoms with Crippen LogP contribution in [-0.2, 0) is 14.2 Å². The second-order valence-electron chi connectivity index (χ2n) is 10.7. The van der Waals surface area contributed by atoms with Crippen molar-refractivity contribution in [1.82, 2.24) is 0 Å². The van der Waals surface area contributed by atoms with Gasteiger partial charge in [0.15, 0.2) is 23.3 Å². The van der Waals surface area contributed by atoms with Crippen LogP contribution in [0.3, 0.4) is 0 Å². The highest BCUT2D eigenvalue weighted by molar-refractivity contribution is 5.47. The molecule has 1 aromatic carbocycles. The van der Waals surface area contributed by atoms with Crippen LogP contribution < -0.4 is 5.32 Å². The summed E-state index contributed by atoms with van der Waals surface area (Å²) in [7, 11) is 0. The summed E-state index contributed by atoms with van der Waals surface area (Å²) < 4.78 is 87.3. The Hall–Kier alpha value is -1.45. The van der Waals surface area contributed by atoms with E-state index in [4.69, 9.17) is 14.2 Å². The number of benzene rings is 1. The van der Waals surface area contributed by atoms with Crippen molar-refractivity contribution in [2.75, 3.05) is 11.9 Å². The highest BCUT2D eigenvalue weighted by Gasteiger charge is 2.44. The molecule has 0 amide bonds. The molecule has 1 atom stereocenters. The molecule has 222 valence electrons. The highest BCUT2D eigenvalue weighted by atomic mass is 19.2. The van der Waals surface area contributed by atoms with Crippen molar-refractivity contribution in [3.05, 3.63) is 29.1 Å². The van der Waals surface area contributed by atoms with E-state index in [9.17, 15) is 22.0 Å². The van der Waals surface area contributed by atoms with Crippen LogP contribution in [0.2, 0.25) is 0 Å². The maximum atomic E-state index is 14.0. The average Bonchev–Trinajstić information content (AvgIpc) is 2.82. The zero-order valence-electron chi connectivity index (χ0n) is 24.2. The van der Waals surface area contributed by atoms with Crippen molar-refractivity contribution in [1.29, 1.82) is 0 Å². The topological polar surface area (TPSA) is 39.7 Å². The van der Waals surface area contributed by atoms with Gasteiger partial charge >= 0.3 is 0 Å². The Bertz CT molecular complexity index is 764. The molecule has 0 bridgehead atoms. The summed E-state index contributed by atoms with van der Waals surface area (Å²) in [6.07, 6.45) is 8.82. The number of rotatable bonds is 20. The summed E-state index contributed by atoms with van der Waals surface area (Å²) >= 11 is 0. The smallest absolute Gasteiger partial charge is 0.286 e. The molecule has 1 unspecified atom stereocenters. The summed E-state index contributed by atoms with van der Waals surface area (Å²) in [6, 6.07) is 0. The Morgan fingerprint density at radius 1 is 0.579 bits per heavy atom. The molecular weight excluding hydrogens is 505 g/mol. The molecule has 1 aromatic rings. The molecule has 0 fully saturated rings. The number of hydrogen-bond donors (Lipinski definition) is 1. The second-order valence-corrected chi connectivity index (χ2v) is 10.7. The van der Waals surface area contributed by atoms with Crippen LogP contribution in [0.4, 0.5) is 27.6 Å². The molecule has 1 rings (SSSR count). The first-order valence-corrected chi connectivity index (χ1v) is 14.1. The van der Waals surface area contributed by atoms with E-state index in [-0.39, 0.29) is 30.8 Å². The molecule has 0 spiro atoms. The number of unbranched alkanes of at least 4 members (excludes halogenated alkanes) is 6. The minimum absolute atomic E-state index is 0.0379. The molecule has 0 aliphatic carbocycles. The number of anilines is 1. The van der Waals surface area contributed by atoms with Gasteiger partial charge in [-0.05, 0) is 60.8 Å². The summed E-state index contributed by atoms with van der Waals surface area (Å²) in [5, 5.41) is 2.38. The lowest BCUT2D eigenvalue weighted by atomic mass is 9.91. The van der Waals surface area contributed by atoms with Gasteiger partial charge in [0, 0.05) is 12.5 Å². The van der Waals surface area contributed by atoms with E-state index in [2.05, 4.69) is 12.2 Å². The van der Waals surface area contributed by atoms with Gasteiger partial charge < -0.3 is 19.5 Å². The van der Waals surface area contributed by atoms with Crippen molar-refractivity contribution in [3.8, 4) is 0 Å². The Morgan fingerprint density at radius 2 is 0.974 bits per heavy atom. The largest absolute Gasteiger partial charge is 0.380 e. The number of ether oxygens (including phenoxy) is 3. The van der Waals surface area contributed by atoms with Crippen molar-refractivity contribution >= 4 is 5.69 Å². The fraction of sp³-hybridized carbons (Fsp3) is 0.793. The third-order valence-electron chi connectivity index (χ3n) is 6.10. The Labute approximate surface area is 226 Å². The number of halogens is 5. The third kappa shape index (κ3) is 11.0. The molecule has 0 aromatic heterocycles. The Kier molecular flexibility index (Phi) is 15.7. The fourth-order valence-electron chi connectivity index (χ4n) is 4.52. The SMILES string of the molecule is CCCCCCCCC(CCCCNc1c(F)c(F)c(F)c(F)c1F)C(OC(C)C)(OC(C)C)OC(C)C. The number of hydrogen-bond acceptors (Lipinski definition) is 4. The summed E-state index contributed by atoms with van der Waals surface area (Å²) in [5.41, 5.74) is -1.01. The van der Waals surface area contributed by atoms with E-state index >= 15 is 0 Å². The van der Waals surface area contributed by atoms with Crippen LogP contribution in [-0.4, -0.2) is 30.8 Å². The Balaban J connectivity index is 2.97. The minimum atomic E-state index is -2.17. The summed E-state index contributed by atoms with van der Waals surface area (Å²) in [5.74, 6) is -11.2. The minimum Gasteiger partial charge on any atom is -0.380 e. The van der Waals surface area contributed by atoms with E-state index < -0.39 is 40.7 Å². The molecule has 0 saturated carbocycles. The van der Waals surface area contributed by atoms with Gasteiger partial charge in [-0.1, -0.05) is 51.9 Å². The van der Waals surface area contributed by atoms with E-state index in [1.807, 2.05) is 41.5 Å². The normalized spacial score (nSPS) is 13.2. The van der Waals surface area contributed by atoms with Crippen molar-refractivity contribution in [2.24, 2.45) is 5.92 Å². The lowest BCUT2D eigenvalue weighted by molar-refractivity contribution is -0.433. The zero-order valence-corrected chi connectivity index (χ0v) is 24.2. The monoisotopic (exact) mass is 553 g/mol. The third-order valence-corrected chi connectivity index (χ3v) is 6.10. The van der Waals surface area contributed by atoms with Crippen LogP contribution in [0, 0.1) is 35.0 Å². The molecule has 38 heavy (non-hydrogen) atoms. The van der Waals surface area contributed by atoms with Crippen molar-refractivity contribution < 1.29 is 36.2 Å². The first kappa shape index (κ1) is 34.6. The van der Waals surface area contributed by atoms with Crippen molar-refractivity contribution in [2.45, 2.75) is 137 Å². The summed E-state index contributed by atoms with van der Waals surface area (Å²) in [4.78, 5) is 0. The first-order chi connectivity index (χ1) is 17.9. The molecule has 0 radical (unpaired) electrons. The second kappa shape index (κ2) is 17.3. The van der Waals surface area contributed by atoms with Crippen molar-refractivity contribution in [3.63, 3.8) is 0 Å². The van der Waals surface area contributed by atoms with Gasteiger partial charge in [0.1, 0.15) is 5.69 Å². The van der Waals surface area contributed by atoms with Crippen LogP contribution >= 0.6 is 0 Å². The lowest BCUT2D eigenvalue weighted by Crippen LogP contribution is -2.51. The predicted octanol–water partition coefficient (Wildman–Crippen LogP) is 9.26. The zero-order chi connectivity index (χ0) is 28.9. The molecule has 4 nitrogen and oxygen atoms in total. The molecule has 1 N–H and O–H groups in total. The van der Waals surface area contributed by atoms with Gasteiger partial charge in [-0.3, -0.25) is 0 Å². The average molecular weight is 554 g/mol. The quantitative estimate of drug-likeness (QED) is 0.0574. The van der Waals surface area contributed by atoms with E-state index in [1.54, 1.807) is 0 Å². The van der Waals surface area contributed by atoms with Gasteiger partial charge in [-0.15, -0.1) is 0 Å². The maximum absolute atomic E-state index is 14.0. The standard InChI is InChI=1S/C29H48F5NO3/c1-8-9-10-11-12-13-16-22(29(36-19(2)3,37-20(4)5)38-21(6)7)17-14-15-18-35-28-26(33)24(31)23(30)25(32)27(28)34/h19-22,35H,8-18H2,1-7H3. The van der Waals surface area contributed by atoms with E-state index in [0.29, 0.717) is 19.3 Å². The van der Waals surface area contributed by atoms with Gasteiger partial charge in [-0.25, -0.2) is 22.0 Å². The van der Waals surface area contributed by atoms with Gasteiger partial charge in [0.05, 0.1) is 18.3 Å². The predicted molar refractivity (Wildman–Crippen MR) is 141 cm³/mol. The Morgan fingerprint density at radius 3 is 1.42 bits per heavy atom. The van der Waals surface area contributed by atoms with Crippen LogP contribution in [0.25, 0.3) is 0 Å². The molecule has 0 aliphatic heterocycles. The van der Waals surface area contributed by atoms with Crippen LogP contribution in [0.5, 0.6) is 0 Å². The van der Waals surface area contributed by atoms with Gasteiger partial charge in [0.2, 0.25) is 5.82 Å². The van der Waals surface area contributed by atoms with Gasteiger partial charge in [0.25, 0.3) is 5.97 Å². The molecule has 0 aliphatic rings. The highest BCUT2D eigenvalue weighted by Crippen LogP contribution is 2.37. The van der Waals surface area contributed by atoms with E-state index in [1.165, 1.54) is 19.3 Å². The number of nitrogens with one attached hydrogen (secondary N) is 1. The first-order valence-electron chi connectivity index (χ1n) is 14.1. The fourth-order valence-corrected chi connectivity index (χ4v) is 4.52. The molecule has 9 heteroatoms. The molecule has 0 saturated heterocycles. The van der Waals surface area contributed by atoms with Crippen LogP contribution in [0.15, 0.2) is 0 Å². The molecular formula is C29H48F5NO3. The lowest BCUT2D eigenvalue weighted by Gasteiger charge is -2.43. The van der Waals surface area contributed by atoms with Crippen LogP contribution in [0.1, 0.15) is 113 Å². The molecule has 0 heterocycles.